The summed E-state index contributed by atoms with van der Waals surface area (Å²) in [6.45, 7) is 5.35. The summed E-state index contributed by atoms with van der Waals surface area (Å²) < 4.78 is 0.656. The fourth-order valence-electron chi connectivity index (χ4n) is 0.917. The molecular weight excluding hydrogens is 230 g/mol. The predicted octanol–water partition coefficient (Wildman–Crippen LogP) is 2.99. The Morgan fingerprint density at radius 1 is 1.40 bits per heavy atom. The van der Waals surface area contributed by atoms with E-state index in [4.69, 9.17) is 17.1 Å². The average molecular weight is 249 g/mol. The Bertz CT molecular complexity index is 188. The van der Waals surface area contributed by atoms with E-state index >= 15 is 0 Å². The van der Waals surface area contributed by atoms with Crippen LogP contribution in [0.2, 0.25) is 0 Å². The van der Waals surface area contributed by atoms with Gasteiger partial charge in [-0.15, -0.1) is 0 Å². The van der Waals surface area contributed by atoms with Crippen LogP contribution in [0.15, 0.2) is 0 Å². The number of thiocarbonyl (C=S) groups is 1. The fourth-order valence-corrected chi connectivity index (χ4v) is 2.19. The van der Waals surface area contributed by atoms with Crippen molar-refractivity contribution in [3.05, 3.63) is 0 Å². The molecule has 0 spiro atoms. The van der Waals surface area contributed by atoms with Gasteiger partial charge in [0.25, 0.3) is 0 Å². The second-order valence-electron chi connectivity index (χ2n) is 3.13. The Balaban J connectivity index is 3.86. The quantitative estimate of drug-likeness (QED) is 0.285. The van der Waals surface area contributed by atoms with Gasteiger partial charge in [0.1, 0.15) is 0 Å². The van der Waals surface area contributed by atoms with E-state index in [-0.39, 0.29) is 0 Å². The minimum absolute atomic E-state index is 0.433. The molecule has 0 aliphatic heterocycles. The topological polar surface area (TPSA) is 29.5 Å². The summed E-state index contributed by atoms with van der Waals surface area (Å²) in [7, 11) is 0. The molecule has 88 valence electrons. The zero-order valence-electron chi connectivity index (χ0n) is 9.40. The minimum Gasteiger partial charge on any atom is -0.343 e. The van der Waals surface area contributed by atoms with E-state index in [0.717, 1.165) is 31.4 Å². The number of unbranched alkanes of at least 4 members (excludes halogenated alkanes) is 2. The summed E-state index contributed by atoms with van der Waals surface area (Å²) in [5, 5.41) is 1.51. The molecule has 15 heavy (non-hydrogen) atoms. The molecule has 0 aliphatic carbocycles. The maximum atomic E-state index is 10.3. The van der Waals surface area contributed by atoms with Crippen LogP contribution >= 0.6 is 24.0 Å². The van der Waals surface area contributed by atoms with E-state index in [9.17, 15) is 4.79 Å². The summed E-state index contributed by atoms with van der Waals surface area (Å²) >= 11 is 6.75. The lowest BCUT2D eigenvalue weighted by atomic mass is 10.3. The Kier molecular flexibility index (Phi) is 10.0. The lowest BCUT2D eigenvalue weighted by Gasteiger charge is -2.20. The van der Waals surface area contributed by atoms with Crippen molar-refractivity contribution in [3.63, 3.8) is 0 Å². The van der Waals surface area contributed by atoms with Crippen molar-refractivity contribution < 1.29 is 9.63 Å². The van der Waals surface area contributed by atoms with Crippen molar-refractivity contribution >= 4 is 34.8 Å². The lowest BCUT2D eigenvalue weighted by molar-refractivity contribution is -0.154. The van der Waals surface area contributed by atoms with E-state index in [1.165, 1.54) is 5.06 Å². The standard InChI is InChI=1S/C10H19NO2S2/c1-3-5-7-11(13-9-12)10(14)15-8-6-4-2/h9H,3-8H2,1-2H3. The van der Waals surface area contributed by atoms with Crippen molar-refractivity contribution in [2.75, 3.05) is 12.3 Å². The molecule has 3 nitrogen and oxygen atoms in total. The van der Waals surface area contributed by atoms with Crippen LogP contribution in [0.5, 0.6) is 0 Å². The van der Waals surface area contributed by atoms with Crippen LogP contribution in [-0.2, 0) is 9.63 Å². The first-order valence-corrected chi connectivity index (χ1v) is 6.70. The van der Waals surface area contributed by atoms with Crippen LogP contribution in [0, 0.1) is 0 Å². The molecule has 0 fully saturated rings. The number of hydrogen-bond donors (Lipinski definition) is 0. The third-order valence-corrected chi connectivity index (χ3v) is 3.31. The highest BCUT2D eigenvalue weighted by atomic mass is 32.2. The molecule has 0 unspecified atom stereocenters. The van der Waals surface area contributed by atoms with Crippen LogP contribution in [0.4, 0.5) is 0 Å². The van der Waals surface area contributed by atoms with Crippen molar-refractivity contribution in [1.82, 2.24) is 5.06 Å². The van der Waals surface area contributed by atoms with Gasteiger partial charge in [0.2, 0.25) is 0 Å². The first kappa shape index (κ1) is 14.7. The summed E-state index contributed by atoms with van der Waals surface area (Å²) in [5.41, 5.74) is 0. The number of nitrogens with zero attached hydrogens (tertiary/aromatic N) is 1. The Morgan fingerprint density at radius 3 is 2.60 bits per heavy atom. The second-order valence-corrected chi connectivity index (χ2v) is 4.85. The summed E-state index contributed by atoms with van der Waals surface area (Å²) in [6, 6.07) is 0. The van der Waals surface area contributed by atoms with E-state index in [1.54, 1.807) is 11.8 Å². The number of thioether (sulfide) groups is 1. The third kappa shape index (κ3) is 7.62. The zero-order chi connectivity index (χ0) is 11.5. The van der Waals surface area contributed by atoms with E-state index in [0.29, 0.717) is 17.3 Å². The molecule has 0 bridgehead atoms. The van der Waals surface area contributed by atoms with Gasteiger partial charge in [-0.25, -0.2) is 0 Å². The molecule has 0 aromatic rings. The van der Waals surface area contributed by atoms with Crippen LogP contribution in [0.1, 0.15) is 39.5 Å². The van der Waals surface area contributed by atoms with E-state index in [2.05, 4.69) is 13.8 Å². The van der Waals surface area contributed by atoms with Crippen molar-refractivity contribution in [1.29, 1.82) is 0 Å². The maximum Gasteiger partial charge on any atom is 0.320 e. The zero-order valence-corrected chi connectivity index (χ0v) is 11.0. The molecule has 0 aromatic heterocycles. The van der Waals surface area contributed by atoms with Gasteiger partial charge in [-0.3, -0.25) is 4.79 Å². The van der Waals surface area contributed by atoms with Gasteiger partial charge in [-0.1, -0.05) is 38.5 Å². The van der Waals surface area contributed by atoms with Gasteiger partial charge in [0.05, 0.1) is 6.54 Å². The van der Waals surface area contributed by atoms with Gasteiger partial charge < -0.3 is 4.84 Å². The molecule has 0 saturated carbocycles. The van der Waals surface area contributed by atoms with Crippen LogP contribution in [0.3, 0.4) is 0 Å². The van der Waals surface area contributed by atoms with Gasteiger partial charge >= 0.3 is 6.47 Å². The molecule has 5 heteroatoms. The molecule has 0 saturated heterocycles. The van der Waals surface area contributed by atoms with Gasteiger partial charge in [-0.05, 0) is 25.1 Å². The average Bonchev–Trinajstić information content (AvgIpc) is 2.24. The number of hydroxylamine groups is 2. The first-order valence-electron chi connectivity index (χ1n) is 5.30. The Labute approximate surface area is 101 Å². The van der Waals surface area contributed by atoms with Gasteiger partial charge in [0, 0.05) is 5.75 Å². The van der Waals surface area contributed by atoms with Gasteiger partial charge in [-0.2, -0.15) is 5.06 Å². The largest absolute Gasteiger partial charge is 0.343 e. The van der Waals surface area contributed by atoms with Crippen molar-refractivity contribution in [3.8, 4) is 0 Å². The molecule has 0 aromatic carbocycles. The Hall–Kier alpha value is -0.290. The fraction of sp³-hybridized carbons (Fsp3) is 0.800. The molecule has 0 aliphatic rings. The maximum absolute atomic E-state index is 10.3. The lowest BCUT2D eigenvalue weighted by Crippen LogP contribution is -2.28. The molecular formula is C10H19NO2S2. The van der Waals surface area contributed by atoms with Crippen molar-refractivity contribution in [2.45, 2.75) is 39.5 Å². The first-order chi connectivity index (χ1) is 7.26. The summed E-state index contributed by atoms with van der Waals surface area (Å²) in [5.74, 6) is 0.986. The third-order valence-electron chi connectivity index (χ3n) is 1.81. The highest BCUT2D eigenvalue weighted by Crippen LogP contribution is 2.12. The van der Waals surface area contributed by atoms with Gasteiger partial charge in [0.15, 0.2) is 4.32 Å². The molecule has 0 amide bonds. The van der Waals surface area contributed by atoms with Crippen LogP contribution in [0.25, 0.3) is 0 Å². The van der Waals surface area contributed by atoms with Crippen molar-refractivity contribution in [2.24, 2.45) is 0 Å². The minimum atomic E-state index is 0.433. The second kappa shape index (κ2) is 10.2. The number of carbonyl (C=O) groups excluding carboxylic acids is 1. The highest BCUT2D eigenvalue weighted by molar-refractivity contribution is 8.22. The predicted molar refractivity (Wildman–Crippen MR) is 68.7 cm³/mol. The SMILES string of the molecule is CCCCSC(=S)N(CCCC)OC=O. The van der Waals surface area contributed by atoms with Crippen LogP contribution in [-0.4, -0.2) is 28.2 Å². The normalized spacial score (nSPS) is 9.73. The number of carbonyl (C=O) groups is 1. The Morgan fingerprint density at radius 2 is 2.07 bits per heavy atom. The number of rotatable bonds is 8. The molecule has 0 N–H and O–H groups in total. The monoisotopic (exact) mass is 249 g/mol. The molecule has 0 rings (SSSR count). The van der Waals surface area contributed by atoms with E-state index < -0.39 is 0 Å². The molecule has 0 heterocycles. The highest BCUT2D eigenvalue weighted by Gasteiger charge is 2.10. The van der Waals surface area contributed by atoms with E-state index in [1.807, 2.05) is 0 Å². The summed E-state index contributed by atoms with van der Waals surface area (Å²) in [4.78, 5) is 15.1. The summed E-state index contributed by atoms with van der Waals surface area (Å²) in [6.07, 6.45) is 4.32. The smallest absolute Gasteiger partial charge is 0.320 e. The molecule has 0 radical (unpaired) electrons. The number of hydrogen-bond acceptors (Lipinski definition) is 4. The molecule has 0 atom stereocenters. The van der Waals surface area contributed by atoms with Crippen LogP contribution < -0.4 is 0 Å².